The first-order valence-corrected chi connectivity index (χ1v) is 9.53. The van der Waals surface area contributed by atoms with E-state index in [-0.39, 0.29) is 23.0 Å². The lowest BCUT2D eigenvalue weighted by Gasteiger charge is -2.24. The van der Waals surface area contributed by atoms with Crippen LogP contribution in [0.25, 0.3) is 0 Å². The number of furan rings is 1. The lowest BCUT2D eigenvalue weighted by Crippen LogP contribution is -3.15. The molecule has 0 spiro atoms. The second kappa shape index (κ2) is 8.58. The van der Waals surface area contributed by atoms with Crippen molar-refractivity contribution in [2.24, 2.45) is 0 Å². The topological polar surface area (TPSA) is 85.0 Å². The minimum absolute atomic E-state index is 0.0890. The van der Waals surface area contributed by atoms with E-state index in [0.29, 0.717) is 31.1 Å². The standard InChI is InChI=1S/C21H27N3O4/c1-21(2,3)15-6-7-16(22-19(25)14-24-8-11-27-12-9-24)17(13-15)23-20(26)18-5-4-10-28-18/h4-7,10,13H,8-9,11-12,14H2,1-3H3,(H,22,25)(H,23,26)/p+1. The fourth-order valence-electron chi connectivity index (χ4n) is 3.07. The van der Waals surface area contributed by atoms with Crippen molar-refractivity contribution < 1.29 is 23.6 Å². The molecular formula is C21H28N3O4+. The van der Waals surface area contributed by atoms with Gasteiger partial charge < -0.3 is 24.7 Å². The highest BCUT2D eigenvalue weighted by atomic mass is 16.5. The number of hydrogen-bond donors (Lipinski definition) is 3. The van der Waals surface area contributed by atoms with Gasteiger partial charge in [0.2, 0.25) is 0 Å². The Hall–Kier alpha value is -2.64. The van der Waals surface area contributed by atoms with Gasteiger partial charge in [0.15, 0.2) is 12.3 Å². The zero-order chi connectivity index (χ0) is 20.1. The third-order valence-corrected chi connectivity index (χ3v) is 4.76. The third kappa shape index (κ3) is 5.21. The Balaban J connectivity index is 1.78. The summed E-state index contributed by atoms with van der Waals surface area (Å²) in [6, 6.07) is 8.97. The van der Waals surface area contributed by atoms with Crippen molar-refractivity contribution in [1.29, 1.82) is 0 Å². The summed E-state index contributed by atoms with van der Waals surface area (Å²) < 4.78 is 10.5. The zero-order valence-electron chi connectivity index (χ0n) is 16.6. The molecule has 1 aliphatic rings. The number of carbonyl (C=O) groups is 2. The summed E-state index contributed by atoms with van der Waals surface area (Å²) in [5.41, 5.74) is 2.09. The number of ether oxygens (including phenoxy) is 1. The van der Waals surface area contributed by atoms with Crippen LogP contribution in [0, 0.1) is 0 Å². The summed E-state index contributed by atoms with van der Waals surface area (Å²) in [6.45, 7) is 9.65. The van der Waals surface area contributed by atoms with Crippen LogP contribution in [-0.4, -0.2) is 44.7 Å². The number of anilines is 2. The highest BCUT2D eigenvalue weighted by Gasteiger charge is 2.21. The SMILES string of the molecule is CC(C)(C)c1ccc(NC(=O)C[NH+]2CCOCC2)c(NC(=O)c2ccco2)c1. The average Bonchev–Trinajstić information content (AvgIpc) is 3.18. The maximum atomic E-state index is 12.5. The van der Waals surface area contributed by atoms with Crippen LogP contribution in [0.5, 0.6) is 0 Å². The third-order valence-electron chi connectivity index (χ3n) is 4.76. The van der Waals surface area contributed by atoms with E-state index in [4.69, 9.17) is 9.15 Å². The van der Waals surface area contributed by atoms with Crippen LogP contribution in [-0.2, 0) is 14.9 Å². The number of quaternary nitrogens is 1. The molecule has 2 heterocycles. The van der Waals surface area contributed by atoms with Crippen LogP contribution in [0.3, 0.4) is 0 Å². The van der Waals surface area contributed by atoms with Crippen LogP contribution in [0.1, 0.15) is 36.9 Å². The molecule has 0 bridgehead atoms. The normalized spacial score (nSPS) is 15.2. The lowest BCUT2D eigenvalue weighted by atomic mass is 9.86. The van der Waals surface area contributed by atoms with Crippen molar-refractivity contribution in [2.45, 2.75) is 26.2 Å². The Morgan fingerprint density at radius 2 is 1.82 bits per heavy atom. The maximum Gasteiger partial charge on any atom is 0.291 e. The van der Waals surface area contributed by atoms with Gasteiger partial charge in [-0.3, -0.25) is 9.59 Å². The van der Waals surface area contributed by atoms with Crippen molar-refractivity contribution in [3.05, 3.63) is 47.9 Å². The van der Waals surface area contributed by atoms with Crippen LogP contribution in [0.4, 0.5) is 11.4 Å². The van der Waals surface area contributed by atoms with Gasteiger partial charge in [0.25, 0.3) is 11.8 Å². The predicted octanol–water partition coefficient (Wildman–Crippen LogP) is 1.68. The first-order chi connectivity index (χ1) is 13.3. The summed E-state index contributed by atoms with van der Waals surface area (Å²) in [7, 11) is 0. The number of rotatable bonds is 5. The molecule has 150 valence electrons. The average molecular weight is 386 g/mol. The Morgan fingerprint density at radius 3 is 2.46 bits per heavy atom. The molecule has 1 saturated heterocycles. The summed E-state index contributed by atoms with van der Waals surface area (Å²) in [6.07, 6.45) is 1.45. The van der Waals surface area contributed by atoms with Gasteiger partial charge >= 0.3 is 0 Å². The smallest absolute Gasteiger partial charge is 0.291 e. The number of hydrogen-bond acceptors (Lipinski definition) is 4. The summed E-state index contributed by atoms with van der Waals surface area (Å²) in [5, 5.41) is 5.80. The second-order valence-electron chi connectivity index (χ2n) is 8.03. The Labute approximate surface area is 165 Å². The van der Waals surface area contributed by atoms with Crippen molar-refractivity contribution >= 4 is 23.2 Å². The molecule has 1 fully saturated rings. The molecular weight excluding hydrogens is 358 g/mol. The number of benzene rings is 1. The maximum absolute atomic E-state index is 12.5. The van der Waals surface area contributed by atoms with E-state index in [9.17, 15) is 9.59 Å². The van der Waals surface area contributed by atoms with E-state index in [1.165, 1.54) is 11.2 Å². The van der Waals surface area contributed by atoms with Crippen LogP contribution < -0.4 is 15.5 Å². The lowest BCUT2D eigenvalue weighted by molar-refractivity contribution is -0.899. The number of carbonyl (C=O) groups excluding carboxylic acids is 2. The van der Waals surface area contributed by atoms with Crippen molar-refractivity contribution in [1.82, 2.24) is 0 Å². The molecule has 3 N–H and O–H groups in total. The molecule has 2 aromatic rings. The second-order valence-corrected chi connectivity index (χ2v) is 8.03. The van der Waals surface area contributed by atoms with Crippen LogP contribution in [0.2, 0.25) is 0 Å². The van der Waals surface area contributed by atoms with Gasteiger partial charge in [0.1, 0.15) is 13.1 Å². The van der Waals surface area contributed by atoms with E-state index in [0.717, 1.165) is 18.7 Å². The van der Waals surface area contributed by atoms with E-state index in [2.05, 4.69) is 31.4 Å². The van der Waals surface area contributed by atoms with Crippen LogP contribution >= 0.6 is 0 Å². The van der Waals surface area contributed by atoms with Crippen molar-refractivity contribution in [3.63, 3.8) is 0 Å². The van der Waals surface area contributed by atoms with E-state index in [1.807, 2.05) is 18.2 Å². The Kier molecular flexibility index (Phi) is 6.16. The molecule has 1 aromatic heterocycles. The number of nitrogens with one attached hydrogen (secondary N) is 3. The van der Waals surface area contributed by atoms with Crippen molar-refractivity contribution in [2.75, 3.05) is 43.5 Å². The molecule has 1 aliphatic heterocycles. The molecule has 0 atom stereocenters. The molecule has 7 nitrogen and oxygen atoms in total. The van der Waals surface area contributed by atoms with Gasteiger partial charge in [-0.2, -0.15) is 0 Å². The summed E-state index contributed by atoms with van der Waals surface area (Å²) >= 11 is 0. The predicted molar refractivity (Wildman–Crippen MR) is 107 cm³/mol. The number of morpholine rings is 1. The molecule has 2 amide bonds. The first-order valence-electron chi connectivity index (χ1n) is 9.53. The van der Waals surface area contributed by atoms with Gasteiger partial charge in [0, 0.05) is 0 Å². The van der Waals surface area contributed by atoms with Gasteiger partial charge in [0.05, 0.1) is 30.9 Å². The fourth-order valence-corrected chi connectivity index (χ4v) is 3.07. The summed E-state index contributed by atoms with van der Waals surface area (Å²) in [4.78, 5) is 26.2. The highest BCUT2D eigenvalue weighted by molar-refractivity contribution is 6.06. The van der Waals surface area contributed by atoms with E-state index < -0.39 is 0 Å². The molecule has 0 radical (unpaired) electrons. The molecule has 0 saturated carbocycles. The molecule has 28 heavy (non-hydrogen) atoms. The zero-order valence-corrected chi connectivity index (χ0v) is 16.6. The minimum Gasteiger partial charge on any atom is -0.459 e. The van der Waals surface area contributed by atoms with Gasteiger partial charge in [-0.25, -0.2) is 0 Å². The Morgan fingerprint density at radius 1 is 1.07 bits per heavy atom. The number of amides is 2. The van der Waals surface area contributed by atoms with E-state index >= 15 is 0 Å². The monoisotopic (exact) mass is 386 g/mol. The van der Waals surface area contributed by atoms with Gasteiger partial charge in [-0.15, -0.1) is 0 Å². The molecule has 0 unspecified atom stereocenters. The first kappa shape index (κ1) is 20.1. The molecule has 0 aliphatic carbocycles. The van der Waals surface area contributed by atoms with Gasteiger partial charge in [-0.1, -0.05) is 26.8 Å². The van der Waals surface area contributed by atoms with Gasteiger partial charge in [-0.05, 0) is 35.2 Å². The quantitative estimate of drug-likeness (QED) is 0.730. The molecule has 3 rings (SSSR count). The van der Waals surface area contributed by atoms with Crippen LogP contribution in [0.15, 0.2) is 41.0 Å². The molecule has 1 aromatic carbocycles. The fraction of sp³-hybridized carbons (Fsp3) is 0.429. The summed E-state index contributed by atoms with van der Waals surface area (Å²) in [5.74, 6) is -0.226. The largest absolute Gasteiger partial charge is 0.459 e. The van der Waals surface area contributed by atoms with E-state index in [1.54, 1.807) is 12.1 Å². The minimum atomic E-state index is -0.356. The molecule has 7 heteroatoms. The van der Waals surface area contributed by atoms with Crippen molar-refractivity contribution in [3.8, 4) is 0 Å². The Bertz CT molecular complexity index is 819. The highest BCUT2D eigenvalue weighted by Crippen LogP contribution is 2.30.